The van der Waals surface area contributed by atoms with Crippen molar-refractivity contribution < 1.29 is 0 Å². The lowest BCUT2D eigenvalue weighted by molar-refractivity contribution is 0.173. The molecule has 2 atom stereocenters. The van der Waals surface area contributed by atoms with Crippen LogP contribution in [-0.4, -0.2) is 0 Å². The second-order valence-electron chi connectivity index (χ2n) is 5.81. The summed E-state index contributed by atoms with van der Waals surface area (Å²) in [5.41, 5.74) is 3.89. The highest BCUT2D eigenvalue weighted by Gasteiger charge is 2.41. The average molecular weight is 214 g/mol. The summed E-state index contributed by atoms with van der Waals surface area (Å²) in [7, 11) is 0. The second kappa shape index (κ2) is 3.91. The lowest BCUT2D eigenvalue weighted by atomic mass is 9.58. The summed E-state index contributed by atoms with van der Waals surface area (Å²) < 4.78 is 0. The molecule has 0 heteroatoms. The van der Waals surface area contributed by atoms with Crippen LogP contribution in [0.5, 0.6) is 0 Å². The molecule has 86 valence electrons. The van der Waals surface area contributed by atoms with Gasteiger partial charge in [0.2, 0.25) is 0 Å². The summed E-state index contributed by atoms with van der Waals surface area (Å²) in [6.07, 6.45) is 9.92. The fourth-order valence-corrected chi connectivity index (χ4v) is 4.14. The maximum absolute atomic E-state index is 2.49. The van der Waals surface area contributed by atoms with Gasteiger partial charge in [-0.25, -0.2) is 0 Å². The minimum absolute atomic E-state index is 0.549. The number of rotatable bonds is 0. The van der Waals surface area contributed by atoms with E-state index in [2.05, 4.69) is 31.2 Å². The summed E-state index contributed by atoms with van der Waals surface area (Å²) in [6, 6.07) is 9.23. The Morgan fingerprint density at radius 1 is 1.06 bits per heavy atom. The predicted octanol–water partition coefficient (Wildman–Crippen LogP) is 4.47. The van der Waals surface area contributed by atoms with Gasteiger partial charge in [-0.2, -0.15) is 0 Å². The average Bonchev–Trinajstić information content (AvgIpc) is 2.34. The molecule has 0 bridgehead atoms. The predicted molar refractivity (Wildman–Crippen MR) is 68.7 cm³/mol. The van der Waals surface area contributed by atoms with Crippen LogP contribution in [0.25, 0.3) is 0 Å². The standard InChI is InChI=1S/C16H22/c1-13-7-4-5-11-16(13)12-6-9-14-8-2-3-10-15(14)16/h2-3,8,10,13H,4-7,9,11-12H2,1H3. The third-order valence-corrected chi connectivity index (χ3v) is 5.08. The van der Waals surface area contributed by atoms with Crippen molar-refractivity contribution in [1.29, 1.82) is 0 Å². The molecule has 0 saturated heterocycles. The van der Waals surface area contributed by atoms with Crippen LogP contribution in [-0.2, 0) is 11.8 Å². The van der Waals surface area contributed by atoms with Crippen molar-refractivity contribution in [1.82, 2.24) is 0 Å². The molecule has 0 amide bonds. The van der Waals surface area contributed by atoms with E-state index in [-0.39, 0.29) is 0 Å². The molecule has 16 heavy (non-hydrogen) atoms. The van der Waals surface area contributed by atoms with Crippen molar-refractivity contribution >= 4 is 0 Å². The van der Waals surface area contributed by atoms with Gasteiger partial charge in [-0.1, -0.05) is 44.0 Å². The van der Waals surface area contributed by atoms with E-state index in [0.717, 1.165) is 5.92 Å². The van der Waals surface area contributed by atoms with Crippen LogP contribution in [0.3, 0.4) is 0 Å². The molecule has 0 aliphatic heterocycles. The Balaban J connectivity index is 2.08. The van der Waals surface area contributed by atoms with Crippen molar-refractivity contribution in [2.24, 2.45) is 5.92 Å². The molecular weight excluding hydrogens is 192 g/mol. The summed E-state index contributed by atoms with van der Waals surface area (Å²) in [4.78, 5) is 0. The van der Waals surface area contributed by atoms with Gasteiger partial charge < -0.3 is 0 Å². The third-order valence-electron chi connectivity index (χ3n) is 5.08. The molecule has 0 radical (unpaired) electrons. The van der Waals surface area contributed by atoms with Gasteiger partial charge in [0.1, 0.15) is 0 Å². The molecular formula is C16H22. The van der Waals surface area contributed by atoms with Crippen molar-refractivity contribution in [2.75, 3.05) is 0 Å². The first-order valence-corrected chi connectivity index (χ1v) is 6.91. The van der Waals surface area contributed by atoms with Crippen LogP contribution in [0.15, 0.2) is 24.3 Å². The van der Waals surface area contributed by atoms with Crippen LogP contribution in [0.4, 0.5) is 0 Å². The van der Waals surface area contributed by atoms with E-state index in [1.54, 1.807) is 11.1 Å². The van der Waals surface area contributed by atoms with E-state index < -0.39 is 0 Å². The lowest BCUT2D eigenvalue weighted by Gasteiger charge is -2.47. The van der Waals surface area contributed by atoms with Gasteiger partial charge in [0.05, 0.1) is 0 Å². The van der Waals surface area contributed by atoms with Gasteiger partial charge in [-0.15, -0.1) is 0 Å². The number of aryl methyl sites for hydroxylation is 1. The first-order valence-electron chi connectivity index (χ1n) is 6.91. The maximum Gasteiger partial charge on any atom is -0.00185 e. The first kappa shape index (κ1) is 10.4. The second-order valence-corrected chi connectivity index (χ2v) is 5.81. The highest BCUT2D eigenvalue weighted by molar-refractivity contribution is 5.37. The zero-order valence-electron chi connectivity index (χ0n) is 10.3. The summed E-state index contributed by atoms with van der Waals surface area (Å²) in [5.74, 6) is 0.891. The monoisotopic (exact) mass is 214 g/mol. The first-order chi connectivity index (χ1) is 7.83. The van der Waals surface area contributed by atoms with E-state index in [0.29, 0.717) is 5.41 Å². The molecule has 1 spiro atoms. The highest BCUT2D eigenvalue weighted by atomic mass is 14.5. The van der Waals surface area contributed by atoms with Crippen LogP contribution >= 0.6 is 0 Å². The molecule has 1 fully saturated rings. The fourth-order valence-electron chi connectivity index (χ4n) is 4.14. The van der Waals surface area contributed by atoms with Gasteiger partial charge in [0.25, 0.3) is 0 Å². The molecule has 0 aromatic heterocycles. The van der Waals surface area contributed by atoms with E-state index in [9.17, 15) is 0 Å². The number of benzene rings is 1. The maximum atomic E-state index is 2.49. The van der Waals surface area contributed by atoms with Gasteiger partial charge in [0.15, 0.2) is 0 Å². The Bertz CT molecular complexity index is 379. The molecule has 2 unspecified atom stereocenters. The van der Waals surface area contributed by atoms with E-state index in [1.165, 1.54) is 44.9 Å². The quantitative estimate of drug-likeness (QED) is 0.597. The third kappa shape index (κ3) is 1.43. The highest BCUT2D eigenvalue weighted by Crippen LogP contribution is 2.50. The fraction of sp³-hybridized carbons (Fsp3) is 0.625. The van der Waals surface area contributed by atoms with E-state index >= 15 is 0 Å². The van der Waals surface area contributed by atoms with Gasteiger partial charge in [-0.05, 0) is 54.6 Å². The summed E-state index contributed by atoms with van der Waals surface area (Å²) in [6.45, 7) is 2.49. The summed E-state index contributed by atoms with van der Waals surface area (Å²) >= 11 is 0. The van der Waals surface area contributed by atoms with Crippen LogP contribution in [0.2, 0.25) is 0 Å². The van der Waals surface area contributed by atoms with Crippen molar-refractivity contribution in [2.45, 2.75) is 57.3 Å². The van der Waals surface area contributed by atoms with Crippen molar-refractivity contribution in [3.63, 3.8) is 0 Å². The number of hydrogen-bond acceptors (Lipinski definition) is 0. The molecule has 1 aromatic carbocycles. The Kier molecular flexibility index (Phi) is 2.53. The van der Waals surface area contributed by atoms with Crippen LogP contribution < -0.4 is 0 Å². The van der Waals surface area contributed by atoms with Crippen LogP contribution in [0, 0.1) is 5.92 Å². The van der Waals surface area contributed by atoms with Crippen LogP contribution in [0.1, 0.15) is 56.6 Å². The van der Waals surface area contributed by atoms with Crippen molar-refractivity contribution in [3.05, 3.63) is 35.4 Å². The van der Waals surface area contributed by atoms with E-state index in [1.807, 2.05) is 0 Å². The number of hydrogen-bond donors (Lipinski definition) is 0. The molecule has 2 aliphatic rings. The smallest absolute Gasteiger partial charge is 0.00185 e. The largest absolute Gasteiger partial charge is 0.0620 e. The summed E-state index contributed by atoms with van der Waals surface area (Å²) in [5, 5.41) is 0. The Labute approximate surface area is 99.1 Å². The van der Waals surface area contributed by atoms with Gasteiger partial charge >= 0.3 is 0 Å². The zero-order valence-corrected chi connectivity index (χ0v) is 10.3. The molecule has 0 N–H and O–H groups in total. The van der Waals surface area contributed by atoms with Gasteiger partial charge in [-0.3, -0.25) is 0 Å². The molecule has 0 nitrogen and oxygen atoms in total. The topological polar surface area (TPSA) is 0 Å². The Morgan fingerprint density at radius 2 is 1.88 bits per heavy atom. The Morgan fingerprint density at radius 3 is 2.75 bits per heavy atom. The number of fused-ring (bicyclic) bond motifs is 2. The molecule has 3 rings (SSSR count). The minimum atomic E-state index is 0.549. The molecule has 0 heterocycles. The molecule has 2 aliphatic carbocycles. The molecule has 1 saturated carbocycles. The van der Waals surface area contributed by atoms with E-state index in [4.69, 9.17) is 0 Å². The normalized spacial score (nSPS) is 33.7. The van der Waals surface area contributed by atoms with Gasteiger partial charge in [0, 0.05) is 0 Å². The zero-order chi connectivity index (χ0) is 11.0. The lowest BCUT2D eigenvalue weighted by Crippen LogP contribution is -2.39. The minimum Gasteiger partial charge on any atom is -0.0620 e. The molecule has 1 aromatic rings. The van der Waals surface area contributed by atoms with Crippen molar-refractivity contribution in [3.8, 4) is 0 Å². The Hall–Kier alpha value is -0.780. The SMILES string of the molecule is CC1CCCCC12CCCc1ccccc12.